The van der Waals surface area contributed by atoms with Crippen molar-refractivity contribution in [2.45, 2.75) is 77.6 Å². The first kappa shape index (κ1) is 21.6. The fraction of sp³-hybridized carbons (Fsp3) is 0.600. The van der Waals surface area contributed by atoms with E-state index in [0.29, 0.717) is 5.82 Å². The zero-order chi connectivity index (χ0) is 20.2. The largest absolute Gasteiger partial charge is 0.494 e. The molecule has 1 heterocycles. The van der Waals surface area contributed by atoms with E-state index < -0.39 is 0 Å². The van der Waals surface area contributed by atoms with E-state index in [0.717, 1.165) is 55.5 Å². The average molecular weight is 397 g/mol. The normalized spacial score (nSPS) is 13.4. The molecule has 2 aromatic rings. The van der Waals surface area contributed by atoms with Crippen molar-refractivity contribution in [3.05, 3.63) is 36.7 Å². The Balaban J connectivity index is 1.29. The molecule has 0 radical (unpaired) electrons. The quantitative estimate of drug-likeness (QED) is 0.309. The molecule has 1 aliphatic rings. The lowest BCUT2D eigenvalue weighted by Crippen LogP contribution is -1.99. The second kappa shape index (κ2) is 12.5. The van der Waals surface area contributed by atoms with E-state index in [1.54, 1.807) is 12.4 Å². The lowest BCUT2D eigenvalue weighted by Gasteiger charge is -2.08. The standard InChI is InChI=1S/C25H36N2O2/c1-2-3-17-28-23-15-13-22(14-16-23)25-26-19-24(20-27-25)29-18-9-7-5-4-6-8-10-21-11-12-21/h13-16,19-21H,2-12,17-18H2,1H3. The molecule has 0 aliphatic heterocycles. The van der Waals surface area contributed by atoms with E-state index in [9.17, 15) is 0 Å². The molecule has 1 fully saturated rings. The van der Waals surface area contributed by atoms with Gasteiger partial charge in [-0.2, -0.15) is 0 Å². The Bertz CT molecular complexity index is 681. The van der Waals surface area contributed by atoms with Gasteiger partial charge in [0.15, 0.2) is 11.6 Å². The maximum Gasteiger partial charge on any atom is 0.159 e. The van der Waals surface area contributed by atoms with E-state index in [1.165, 1.54) is 51.4 Å². The Hall–Kier alpha value is -2.10. The van der Waals surface area contributed by atoms with Crippen LogP contribution < -0.4 is 9.47 Å². The number of hydrogen-bond donors (Lipinski definition) is 0. The summed E-state index contributed by atoms with van der Waals surface area (Å²) in [5, 5.41) is 0. The lowest BCUT2D eigenvalue weighted by molar-refractivity contribution is 0.302. The highest BCUT2D eigenvalue weighted by atomic mass is 16.5. The summed E-state index contributed by atoms with van der Waals surface area (Å²) in [6.45, 7) is 3.67. The average Bonchev–Trinajstić information content (AvgIpc) is 3.58. The molecule has 4 nitrogen and oxygen atoms in total. The molecule has 0 amide bonds. The molecule has 4 heteroatoms. The molecule has 29 heavy (non-hydrogen) atoms. The van der Waals surface area contributed by atoms with Crippen LogP contribution in [0.5, 0.6) is 11.5 Å². The first-order valence-corrected chi connectivity index (χ1v) is 11.5. The van der Waals surface area contributed by atoms with E-state index in [1.807, 2.05) is 24.3 Å². The smallest absolute Gasteiger partial charge is 0.159 e. The second-order valence-electron chi connectivity index (χ2n) is 8.17. The molecular weight excluding hydrogens is 360 g/mol. The molecule has 0 atom stereocenters. The molecule has 1 aromatic carbocycles. The molecule has 1 aliphatic carbocycles. The lowest BCUT2D eigenvalue weighted by atomic mass is 10.1. The predicted octanol–water partition coefficient (Wildman–Crippen LogP) is 6.84. The highest BCUT2D eigenvalue weighted by Gasteiger charge is 2.19. The summed E-state index contributed by atoms with van der Waals surface area (Å²) in [6.07, 6.45) is 18.1. The minimum absolute atomic E-state index is 0.712. The molecule has 0 spiro atoms. The summed E-state index contributed by atoms with van der Waals surface area (Å²) in [7, 11) is 0. The van der Waals surface area contributed by atoms with Crippen molar-refractivity contribution in [1.29, 1.82) is 0 Å². The van der Waals surface area contributed by atoms with Gasteiger partial charge in [0.2, 0.25) is 0 Å². The minimum Gasteiger partial charge on any atom is -0.494 e. The van der Waals surface area contributed by atoms with Crippen LogP contribution in [-0.2, 0) is 0 Å². The summed E-state index contributed by atoms with van der Waals surface area (Å²) in [5.41, 5.74) is 0.987. The number of nitrogens with zero attached hydrogens (tertiary/aromatic N) is 2. The number of rotatable bonds is 15. The first-order chi connectivity index (χ1) is 14.3. The molecule has 3 rings (SSSR count). The zero-order valence-corrected chi connectivity index (χ0v) is 17.9. The van der Waals surface area contributed by atoms with Gasteiger partial charge in [0.1, 0.15) is 5.75 Å². The van der Waals surface area contributed by atoms with Gasteiger partial charge < -0.3 is 9.47 Å². The van der Waals surface area contributed by atoms with E-state index in [-0.39, 0.29) is 0 Å². The second-order valence-corrected chi connectivity index (χ2v) is 8.17. The first-order valence-electron chi connectivity index (χ1n) is 11.5. The number of hydrogen-bond acceptors (Lipinski definition) is 4. The van der Waals surface area contributed by atoms with Crippen molar-refractivity contribution in [2.24, 2.45) is 5.92 Å². The van der Waals surface area contributed by atoms with Crippen molar-refractivity contribution in [2.75, 3.05) is 13.2 Å². The molecule has 0 N–H and O–H groups in total. The summed E-state index contributed by atoms with van der Waals surface area (Å²) < 4.78 is 11.5. The van der Waals surface area contributed by atoms with Crippen LogP contribution in [0.3, 0.4) is 0 Å². The minimum atomic E-state index is 0.712. The third kappa shape index (κ3) is 8.43. The molecular formula is C25H36N2O2. The van der Waals surface area contributed by atoms with Gasteiger partial charge in [-0.1, -0.05) is 64.7 Å². The number of unbranched alkanes of at least 4 members (excludes halogenated alkanes) is 6. The summed E-state index contributed by atoms with van der Waals surface area (Å²) in [4.78, 5) is 8.89. The number of aromatic nitrogens is 2. The van der Waals surface area contributed by atoms with Gasteiger partial charge in [-0.05, 0) is 43.0 Å². The monoisotopic (exact) mass is 396 g/mol. The van der Waals surface area contributed by atoms with Crippen LogP contribution in [0.1, 0.15) is 77.6 Å². The third-order valence-corrected chi connectivity index (χ3v) is 5.48. The van der Waals surface area contributed by atoms with Gasteiger partial charge in [-0.3, -0.25) is 0 Å². The van der Waals surface area contributed by atoms with Gasteiger partial charge in [-0.25, -0.2) is 9.97 Å². The molecule has 158 valence electrons. The topological polar surface area (TPSA) is 44.2 Å². The molecule has 0 saturated heterocycles. The SMILES string of the molecule is CCCCOc1ccc(-c2ncc(OCCCCCCCCC3CC3)cn2)cc1. The van der Waals surface area contributed by atoms with Gasteiger partial charge >= 0.3 is 0 Å². The fourth-order valence-electron chi connectivity index (χ4n) is 3.41. The van der Waals surface area contributed by atoms with Gasteiger partial charge in [0, 0.05) is 5.56 Å². The Kier molecular flexibility index (Phi) is 9.28. The summed E-state index contributed by atoms with van der Waals surface area (Å²) in [6, 6.07) is 7.96. The van der Waals surface area contributed by atoms with Crippen molar-refractivity contribution < 1.29 is 9.47 Å². The zero-order valence-electron chi connectivity index (χ0n) is 17.9. The maximum absolute atomic E-state index is 5.79. The van der Waals surface area contributed by atoms with Crippen LogP contribution in [0.25, 0.3) is 11.4 Å². The third-order valence-electron chi connectivity index (χ3n) is 5.48. The molecule has 0 unspecified atom stereocenters. The van der Waals surface area contributed by atoms with Crippen molar-refractivity contribution in [3.8, 4) is 22.9 Å². The van der Waals surface area contributed by atoms with Crippen LogP contribution in [0.4, 0.5) is 0 Å². The van der Waals surface area contributed by atoms with Gasteiger partial charge in [-0.15, -0.1) is 0 Å². The molecule has 0 bridgehead atoms. The van der Waals surface area contributed by atoms with E-state index in [2.05, 4.69) is 16.9 Å². The Morgan fingerprint density at radius 3 is 2.07 bits per heavy atom. The van der Waals surface area contributed by atoms with Crippen LogP contribution in [0.15, 0.2) is 36.7 Å². The highest BCUT2D eigenvalue weighted by molar-refractivity contribution is 5.56. The summed E-state index contributed by atoms with van der Waals surface area (Å²) in [5.74, 6) is 3.44. The van der Waals surface area contributed by atoms with Crippen LogP contribution in [-0.4, -0.2) is 23.2 Å². The number of ether oxygens (including phenoxy) is 2. The van der Waals surface area contributed by atoms with Gasteiger partial charge in [0.05, 0.1) is 25.6 Å². The Labute approximate surface area is 176 Å². The van der Waals surface area contributed by atoms with Crippen LogP contribution in [0.2, 0.25) is 0 Å². The summed E-state index contributed by atoms with van der Waals surface area (Å²) >= 11 is 0. The maximum atomic E-state index is 5.79. The van der Waals surface area contributed by atoms with Gasteiger partial charge in [0.25, 0.3) is 0 Å². The van der Waals surface area contributed by atoms with E-state index in [4.69, 9.17) is 9.47 Å². The van der Waals surface area contributed by atoms with Crippen molar-refractivity contribution >= 4 is 0 Å². The number of benzene rings is 1. The van der Waals surface area contributed by atoms with Crippen LogP contribution >= 0.6 is 0 Å². The van der Waals surface area contributed by atoms with Crippen molar-refractivity contribution in [1.82, 2.24) is 9.97 Å². The van der Waals surface area contributed by atoms with Crippen LogP contribution in [0, 0.1) is 5.92 Å². The molecule has 1 saturated carbocycles. The highest BCUT2D eigenvalue weighted by Crippen LogP contribution is 2.34. The van der Waals surface area contributed by atoms with Crippen molar-refractivity contribution in [3.63, 3.8) is 0 Å². The van der Waals surface area contributed by atoms with E-state index >= 15 is 0 Å². The fourth-order valence-corrected chi connectivity index (χ4v) is 3.41. The Morgan fingerprint density at radius 1 is 0.759 bits per heavy atom. The Morgan fingerprint density at radius 2 is 1.38 bits per heavy atom. The molecule has 1 aromatic heterocycles. The predicted molar refractivity (Wildman–Crippen MR) is 118 cm³/mol.